The molecule has 2 aliphatic rings. The van der Waals surface area contributed by atoms with Gasteiger partial charge in [0, 0.05) is 77.7 Å². The van der Waals surface area contributed by atoms with Crippen LogP contribution in [0, 0.1) is 11.7 Å². The summed E-state index contributed by atoms with van der Waals surface area (Å²) in [5.74, 6) is -2.69. The summed E-state index contributed by atoms with van der Waals surface area (Å²) < 4.78 is 63.6. The van der Waals surface area contributed by atoms with Crippen LogP contribution < -0.4 is 5.32 Å². The summed E-state index contributed by atoms with van der Waals surface area (Å²) in [5.41, 5.74) is 1.85. The molecule has 1 heterocycles. The molecule has 0 spiro atoms. The predicted octanol–water partition coefficient (Wildman–Crippen LogP) is 9.53. The van der Waals surface area contributed by atoms with Crippen LogP contribution in [0.2, 0.25) is 0 Å². The first-order valence-electron chi connectivity index (χ1n) is 20.9. The normalized spacial score (nSPS) is 15.7. The molecule has 1 unspecified atom stereocenters. The van der Waals surface area contributed by atoms with Crippen LogP contribution in [0.5, 0.6) is 0 Å². The lowest BCUT2D eigenvalue weighted by atomic mass is 9.86. The fourth-order valence-corrected chi connectivity index (χ4v) is 7.32. The van der Waals surface area contributed by atoms with Crippen molar-refractivity contribution in [2.45, 2.75) is 142 Å². The van der Waals surface area contributed by atoms with Crippen molar-refractivity contribution in [1.29, 1.82) is 0 Å². The molecule has 2 N–H and O–H groups in total. The molecule has 330 valence electrons. The van der Waals surface area contributed by atoms with Gasteiger partial charge in [-0.25, -0.2) is 30.7 Å². The Hall–Kier alpha value is -3.46. The monoisotopic (exact) mass is 840 g/mol. The Bertz CT molecular complexity index is 1580. The van der Waals surface area contributed by atoms with E-state index in [0.29, 0.717) is 32.4 Å². The Morgan fingerprint density at radius 3 is 2.03 bits per heavy atom. The van der Waals surface area contributed by atoms with Crippen molar-refractivity contribution in [3.05, 3.63) is 78.1 Å². The number of halogens is 3. The topological polar surface area (TPSA) is 113 Å². The van der Waals surface area contributed by atoms with E-state index in [2.05, 4.69) is 32.7 Å². The van der Waals surface area contributed by atoms with Crippen LogP contribution in [0.1, 0.15) is 117 Å². The minimum Gasteiger partial charge on any atom is -0.342 e. The van der Waals surface area contributed by atoms with E-state index in [4.69, 9.17) is 0 Å². The maximum atomic E-state index is 12.9. The van der Waals surface area contributed by atoms with Gasteiger partial charge in [0.05, 0.1) is 4.90 Å². The maximum absolute atomic E-state index is 12.9. The molecule has 1 aliphatic carbocycles. The Balaban J connectivity index is 0.000000505. The van der Waals surface area contributed by atoms with Crippen molar-refractivity contribution in [2.24, 2.45) is 5.92 Å². The van der Waals surface area contributed by atoms with Crippen molar-refractivity contribution in [3.63, 3.8) is 0 Å². The van der Waals surface area contributed by atoms with Gasteiger partial charge in [-0.2, -0.15) is 5.06 Å². The molecular weight excluding hydrogens is 768 g/mol. The number of hydrogen-bond donors (Lipinski definition) is 2. The van der Waals surface area contributed by atoms with Crippen LogP contribution in [0.4, 0.5) is 18.0 Å². The zero-order chi connectivity index (χ0) is 43.9. The van der Waals surface area contributed by atoms with Gasteiger partial charge in [0.1, 0.15) is 5.82 Å². The molecule has 2 fully saturated rings. The number of urea groups is 1. The largest absolute Gasteiger partial charge is 0.342 e. The number of carbonyl (C=O) groups is 2. The molecule has 1 saturated heterocycles. The van der Waals surface area contributed by atoms with Gasteiger partial charge in [0.2, 0.25) is 21.9 Å². The van der Waals surface area contributed by atoms with Crippen molar-refractivity contribution in [1.82, 2.24) is 24.5 Å². The van der Waals surface area contributed by atoms with Crippen molar-refractivity contribution >= 4 is 22.0 Å². The van der Waals surface area contributed by atoms with Crippen LogP contribution in [-0.4, -0.2) is 103 Å². The highest BCUT2D eigenvalue weighted by atomic mass is 32.2. The highest BCUT2D eigenvalue weighted by Gasteiger charge is 2.39. The van der Waals surface area contributed by atoms with Crippen LogP contribution in [0.3, 0.4) is 0 Å². The number of sulfonamides is 1. The first-order valence-corrected chi connectivity index (χ1v) is 22.3. The summed E-state index contributed by atoms with van der Waals surface area (Å²) in [6, 6.07) is 12.9. The Morgan fingerprint density at radius 2 is 1.57 bits per heavy atom. The molecule has 14 heteroatoms. The lowest BCUT2D eigenvalue weighted by molar-refractivity contribution is -0.155. The quantitative estimate of drug-likeness (QED) is 0.137. The second-order valence-corrected chi connectivity index (χ2v) is 17.5. The van der Waals surface area contributed by atoms with Gasteiger partial charge in [-0.3, -0.25) is 4.79 Å². The molecule has 0 radical (unpaired) electrons. The van der Waals surface area contributed by atoms with E-state index in [-0.39, 0.29) is 60.0 Å². The van der Waals surface area contributed by atoms with Gasteiger partial charge in [0.25, 0.3) is 0 Å². The SMILES string of the molecule is C=CCN(CCC(CCC)N(O)C(C)C)C(=O)NCc1ccc(S(=O)(=O)N(C)C)cc1.CCC.CCc1cccc(F)c1.O=C(C1CCC(F)(F)CC1)N1CCCC1. The average Bonchev–Trinajstić information content (AvgIpc) is 3.74. The summed E-state index contributed by atoms with van der Waals surface area (Å²) in [7, 11) is -0.505. The molecule has 58 heavy (non-hydrogen) atoms. The highest BCUT2D eigenvalue weighted by Crippen LogP contribution is 2.37. The summed E-state index contributed by atoms with van der Waals surface area (Å²) in [4.78, 5) is 28.3. The third-order valence-corrected chi connectivity index (χ3v) is 11.7. The number of benzene rings is 2. The fourth-order valence-electron chi connectivity index (χ4n) is 6.42. The van der Waals surface area contributed by atoms with E-state index >= 15 is 0 Å². The number of amides is 3. The predicted molar refractivity (Wildman–Crippen MR) is 228 cm³/mol. The van der Waals surface area contributed by atoms with Crippen molar-refractivity contribution in [3.8, 4) is 0 Å². The lowest BCUT2D eigenvalue weighted by Crippen LogP contribution is -2.44. The van der Waals surface area contributed by atoms with E-state index in [1.54, 1.807) is 35.2 Å². The zero-order valence-corrected chi connectivity index (χ0v) is 37.2. The van der Waals surface area contributed by atoms with Gasteiger partial charge in [0.15, 0.2) is 0 Å². The molecule has 1 saturated carbocycles. The summed E-state index contributed by atoms with van der Waals surface area (Å²) in [6.07, 6.45) is 8.90. The summed E-state index contributed by atoms with van der Waals surface area (Å²) in [5, 5.41) is 14.6. The molecule has 0 aromatic heterocycles. The van der Waals surface area contributed by atoms with Crippen molar-refractivity contribution in [2.75, 3.05) is 40.3 Å². The Labute approximate surface area is 347 Å². The highest BCUT2D eigenvalue weighted by molar-refractivity contribution is 7.89. The van der Waals surface area contributed by atoms with Crippen molar-refractivity contribution < 1.29 is 36.4 Å². The van der Waals surface area contributed by atoms with Gasteiger partial charge in [-0.05, 0) is 94.2 Å². The Kier molecular flexibility index (Phi) is 24.8. The number of hydroxylamine groups is 2. The maximum Gasteiger partial charge on any atom is 0.317 e. The second-order valence-electron chi connectivity index (χ2n) is 15.4. The van der Waals surface area contributed by atoms with Gasteiger partial charge < -0.3 is 20.3 Å². The number of aryl methyl sites for hydroxylation is 1. The lowest BCUT2D eigenvalue weighted by Gasteiger charge is -2.31. The number of nitrogens with one attached hydrogen (secondary N) is 1. The summed E-state index contributed by atoms with van der Waals surface area (Å²) in [6.45, 7) is 18.8. The first kappa shape index (κ1) is 52.6. The summed E-state index contributed by atoms with van der Waals surface area (Å²) >= 11 is 0. The van der Waals surface area contributed by atoms with Crippen LogP contribution in [-0.2, 0) is 27.8 Å². The third-order valence-electron chi connectivity index (χ3n) is 9.82. The minimum absolute atomic E-state index is 0.0116. The molecule has 0 bridgehead atoms. The molecule has 2 aromatic carbocycles. The van der Waals surface area contributed by atoms with E-state index in [0.717, 1.165) is 60.6 Å². The standard InChI is InChI=1S/C22H38N4O4S.C11H17F2NO.C8H9F.C3H8/c1-7-9-20(26(28)18(3)4)14-16-25(15-8-2)22(27)23-17-19-10-12-21(13-11-19)31(29,30)24(5)6;12-11(13)5-3-9(4-6-11)10(15)14-7-1-2-8-14;1-2-7-4-3-5-8(9)6-7;1-3-2/h8,10-13,18,20,28H,2,7,9,14-17H2,1,3-6H3,(H,23,27);9H,1-8H2;3-6H,2H2,1H3;3H2,1-2H3. The molecular formula is C44H72F3N5O5S. The second kappa shape index (κ2) is 27.3. The zero-order valence-electron chi connectivity index (χ0n) is 36.4. The smallest absolute Gasteiger partial charge is 0.317 e. The van der Waals surface area contributed by atoms with Crippen LogP contribution in [0.25, 0.3) is 0 Å². The van der Waals surface area contributed by atoms with E-state index in [9.17, 15) is 36.4 Å². The number of nitrogens with zero attached hydrogens (tertiary/aromatic N) is 4. The number of likely N-dealkylation sites (tertiary alicyclic amines) is 1. The van der Waals surface area contributed by atoms with E-state index in [1.807, 2.05) is 31.7 Å². The molecule has 4 rings (SSSR count). The van der Waals surface area contributed by atoms with Gasteiger partial charge in [-0.15, -0.1) is 6.58 Å². The van der Waals surface area contributed by atoms with Gasteiger partial charge in [-0.1, -0.05) is 70.9 Å². The van der Waals surface area contributed by atoms with E-state index in [1.165, 1.54) is 43.8 Å². The molecule has 3 amide bonds. The van der Waals surface area contributed by atoms with Crippen LogP contribution >= 0.6 is 0 Å². The van der Waals surface area contributed by atoms with E-state index < -0.39 is 15.9 Å². The number of carbonyl (C=O) groups excluding carboxylic acids is 2. The van der Waals surface area contributed by atoms with Crippen LogP contribution in [0.15, 0.2) is 66.1 Å². The number of hydrogen-bond acceptors (Lipinski definition) is 6. The van der Waals surface area contributed by atoms with Gasteiger partial charge >= 0.3 is 6.03 Å². The molecule has 2 aromatic rings. The molecule has 1 aliphatic heterocycles. The Morgan fingerprint density at radius 1 is 0.983 bits per heavy atom. The number of alkyl halides is 2. The first-order chi connectivity index (χ1) is 27.4. The molecule has 1 atom stereocenters. The average molecular weight is 840 g/mol. The molecule has 10 nitrogen and oxygen atoms in total. The minimum atomic E-state index is -3.48. The third kappa shape index (κ3) is 19.1. The fraction of sp³-hybridized carbons (Fsp3) is 0.636. The number of rotatable bonds is 15.